The zero-order valence-corrected chi connectivity index (χ0v) is 13.1. The average Bonchev–Trinajstić information content (AvgIpc) is 2.24. The van der Waals surface area contributed by atoms with E-state index in [0.29, 0.717) is 13.0 Å². The molecule has 19 heavy (non-hydrogen) atoms. The fraction of sp³-hybridized carbons (Fsp3) is 0.917. The molecule has 0 bridgehead atoms. The topological polar surface area (TPSA) is 101 Å². The van der Waals surface area contributed by atoms with Crippen molar-refractivity contribution in [3.05, 3.63) is 0 Å². The molecule has 1 atom stereocenters. The van der Waals surface area contributed by atoms with Crippen LogP contribution in [0.3, 0.4) is 0 Å². The van der Waals surface area contributed by atoms with Gasteiger partial charge >= 0.3 is 0 Å². The number of hydrogen-bond acceptors (Lipinski definition) is 4. The Balaban J connectivity index is 4.22. The van der Waals surface area contributed by atoms with Crippen molar-refractivity contribution >= 4 is 15.9 Å². The SMILES string of the molecule is CCNS(=O)(=O)CCNC(=O)C(CN)CC(C)(C)C. The van der Waals surface area contributed by atoms with E-state index in [9.17, 15) is 13.2 Å². The Morgan fingerprint density at radius 1 is 1.32 bits per heavy atom. The van der Waals surface area contributed by atoms with Crippen molar-refractivity contribution in [1.82, 2.24) is 10.0 Å². The molecule has 0 aliphatic rings. The molecule has 0 aromatic carbocycles. The van der Waals surface area contributed by atoms with E-state index in [1.54, 1.807) is 6.92 Å². The van der Waals surface area contributed by atoms with Crippen molar-refractivity contribution in [3.63, 3.8) is 0 Å². The molecule has 0 radical (unpaired) electrons. The monoisotopic (exact) mass is 293 g/mol. The average molecular weight is 293 g/mol. The predicted octanol–water partition coefficient (Wildman–Crippen LogP) is 0.0530. The second kappa shape index (κ2) is 7.81. The number of rotatable bonds is 8. The third-order valence-electron chi connectivity index (χ3n) is 2.55. The van der Waals surface area contributed by atoms with E-state index in [4.69, 9.17) is 5.73 Å². The van der Waals surface area contributed by atoms with E-state index in [1.807, 2.05) is 20.8 Å². The van der Waals surface area contributed by atoms with Gasteiger partial charge in [-0.05, 0) is 11.8 Å². The summed E-state index contributed by atoms with van der Waals surface area (Å²) in [4.78, 5) is 11.9. The second-order valence-corrected chi connectivity index (χ2v) is 7.73. The van der Waals surface area contributed by atoms with E-state index >= 15 is 0 Å². The lowest BCUT2D eigenvalue weighted by Gasteiger charge is -2.24. The lowest BCUT2D eigenvalue weighted by molar-refractivity contribution is -0.125. The summed E-state index contributed by atoms with van der Waals surface area (Å²) in [5.74, 6) is -0.565. The van der Waals surface area contributed by atoms with Crippen molar-refractivity contribution in [1.29, 1.82) is 0 Å². The van der Waals surface area contributed by atoms with Gasteiger partial charge in [0.2, 0.25) is 15.9 Å². The van der Waals surface area contributed by atoms with Crippen LogP contribution in [0.5, 0.6) is 0 Å². The third-order valence-corrected chi connectivity index (χ3v) is 4.02. The first-order valence-corrected chi connectivity index (χ1v) is 8.21. The van der Waals surface area contributed by atoms with Gasteiger partial charge in [0.05, 0.1) is 11.7 Å². The summed E-state index contributed by atoms with van der Waals surface area (Å²) in [5.41, 5.74) is 5.61. The van der Waals surface area contributed by atoms with Gasteiger partial charge in [-0.3, -0.25) is 4.79 Å². The molecule has 1 amide bonds. The first-order valence-electron chi connectivity index (χ1n) is 6.56. The molecule has 0 rings (SSSR count). The predicted molar refractivity (Wildman–Crippen MR) is 77.1 cm³/mol. The van der Waals surface area contributed by atoms with Crippen molar-refractivity contribution < 1.29 is 13.2 Å². The van der Waals surface area contributed by atoms with Gasteiger partial charge in [0.15, 0.2) is 0 Å². The first kappa shape index (κ1) is 18.3. The summed E-state index contributed by atoms with van der Waals surface area (Å²) in [6.45, 7) is 8.56. The normalized spacial score (nSPS) is 14.2. The highest BCUT2D eigenvalue weighted by atomic mass is 32.2. The zero-order chi connectivity index (χ0) is 15.1. The number of nitrogens with one attached hydrogen (secondary N) is 2. The first-order chi connectivity index (χ1) is 8.61. The van der Waals surface area contributed by atoms with Crippen LogP contribution in [0.1, 0.15) is 34.1 Å². The van der Waals surface area contributed by atoms with Crippen LogP contribution < -0.4 is 15.8 Å². The molecule has 0 saturated carbocycles. The van der Waals surface area contributed by atoms with Crippen LogP contribution in [0.25, 0.3) is 0 Å². The largest absolute Gasteiger partial charge is 0.355 e. The van der Waals surface area contributed by atoms with Crippen LogP contribution in [0, 0.1) is 11.3 Å². The molecule has 0 fully saturated rings. The Morgan fingerprint density at radius 2 is 1.89 bits per heavy atom. The summed E-state index contributed by atoms with van der Waals surface area (Å²) >= 11 is 0. The van der Waals surface area contributed by atoms with E-state index < -0.39 is 10.0 Å². The van der Waals surface area contributed by atoms with Gasteiger partial charge in [-0.2, -0.15) is 0 Å². The van der Waals surface area contributed by atoms with E-state index in [1.165, 1.54) is 0 Å². The molecule has 114 valence electrons. The minimum Gasteiger partial charge on any atom is -0.355 e. The molecule has 1 unspecified atom stereocenters. The van der Waals surface area contributed by atoms with Crippen LogP contribution >= 0.6 is 0 Å². The van der Waals surface area contributed by atoms with Crippen LogP contribution in [0.15, 0.2) is 0 Å². The van der Waals surface area contributed by atoms with Gasteiger partial charge in [-0.15, -0.1) is 0 Å². The summed E-state index contributed by atoms with van der Waals surface area (Å²) in [5, 5.41) is 2.63. The lowest BCUT2D eigenvalue weighted by atomic mass is 9.84. The van der Waals surface area contributed by atoms with Gasteiger partial charge in [0.1, 0.15) is 0 Å². The molecular weight excluding hydrogens is 266 g/mol. The van der Waals surface area contributed by atoms with Crippen molar-refractivity contribution in [3.8, 4) is 0 Å². The number of nitrogens with two attached hydrogens (primary N) is 1. The van der Waals surface area contributed by atoms with Crippen LogP contribution in [0.2, 0.25) is 0 Å². The number of carbonyl (C=O) groups excluding carboxylic acids is 1. The third kappa shape index (κ3) is 8.96. The fourth-order valence-electron chi connectivity index (χ4n) is 1.77. The Bertz CT molecular complexity index is 374. The summed E-state index contributed by atoms with van der Waals surface area (Å²) in [6.07, 6.45) is 0.676. The molecular formula is C12H27N3O3S. The van der Waals surface area contributed by atoms with Gasteiger partial charge in [-0.25, -0.2) is 13.1 Å². The maximum Gasteiger partial charge on any atom is 0.224 e. The highest BCUT2D eigenvalue weighted by Crippen LogP contribution is 2.23. The zero-order valence-electron chi connectivity index (χ0n) is 12.3. The number of amides is 1. The smallest absolute Gasteiger partial charge is 0.224 e. The molecule has 0 heterocycles. The summed E-state index contributed by atoms with van der Waals surface area (Å²) in [6, 6.07) is 0. The number of sulfonamides is 1. The molecule has 4 N–H and O–H groups in total. The van der Waals surface area contributed by atoms with E-state index in [2.05, 4.69) is 10.0 Å². The Morgan fingerprint density at radius 3 is 2.32 bits per heavy atom. The molecule has 0 spiro atoms. The van der Waals surface area contributed by atoms with Crippen molar-refractivity contribution in [2.45, 2.75) is 34.1 Å². The molecule has 0 aromatic rings. The Kier molecular flexibility index (Phi) is 7.54. The van der Waals surface area contributed by atoms with E-state index in [-0.39, 0.29) is 36.1 Å². The lowest BCUT2D eigenvalue weighted by Crippen LogP contribution is -2.40. The molecule has 6 nitrogen and oxygen atoms in total. The Labute approximate surface area is 116 Å². The number of carbonyl (C=O) groups is 1. The number of hydrogen-bond donors (Lipinski definition) is 3. The maximum atomic E-state index is 11.9. The van der Waals surface area contributed by atoms with Crippen LogP contribution in [-0.4, -0.2) is 39.7 Å². The maximum absolute atomic E-state index is 11.9. The van der Waals surface area contributed by atoms with Crippen LogP contribution in [-0.2, 0) is 14.8 Å². The Hall–Kier alpha value is -0.660. The van der Waals surface area contributed by atoms with Gasteiger partial charge < -0.3 is 11.1 Å². The standard InChI is InChI=1S/C12H27N3O3S/c1-5-15-19(17,18)7-6-14-11(16)10(9-13)8-12(2,3)4/h10,15H,5-9,13H2,1-4H3,(H,14,16). The summed E-state index contributed by atoms with van der Waals surface area (Å²) < 4.78 is 25.2. The molecule has 0 aliphatic heterocycles. The highest BCUT2D eigenvalue weighted by Gasteiger charge is 2.23. The quantitative estimate of drug-likeness (QED) is 0.588. The minimum absolute atomic E-state index is 0.0111. The molecule has 0 aromatic heterocycles. The van der Waals surface area contributed by atoms with Crippen molar-refractivity contribution in [2.24, 2.45) is 17.1 Å². The van der Waals surface area contributed by atoms with Gasteiger partial charge in [-0.1, -0.05) is 27.7 Å². The molecule has 0 saturated heterocycles. The van der Waals surface area contributed by atoms with Gasteiger partial charge in [0.25, 0.3) is 0 Å². The van der Waals surface area contributed by atoms with Crippen molar-refractivity contribution in [2.75, 3.05) is 25.4 Å². The molecule has 0 aliphatic carbocycles. The summed E-state index contributed by atoms with van der Waals surface area (Å²) in [7, 11) is -3.29. The molecule has 7 heteroatoms. The fourth-order valence-corrected chi connectivity index (χ4v) is 2.72. The van der Waals surface area contributed by atoms with Gasteiger partial charge in [0, 0.05) is 19.6 Å². The highest BCUT2D eigenvalue weighted by molar-refractivity contribution is 7.89. The van der Waals surface area contributed by atoms with Crippen LogP contribution in [0.4, 0.5) is 0 Å². The minimum atomic E-state index is -3.29. The van der Waals surface area contributed by atoms with E-state index in [0.717, 1.165) is 0 Å². The second-order valence-electron chi connectivity index (χ2n) is 5.81.